The van der Waals surface area contributed by atoms with Gasteiger partial charge in [-0.25, -0.2) is 4.79 Å². The third-order valence-corrected chi connectivity index (χ3v) is 5.17. The number of amides is 3. The smallest absolute Gasteiger partial charge is 0.387 e. The van der Waals surface area contributed by atoms with Gasteiger partial charge in [-0.3, -0.25) is 9.69 Å². The van der Waals surface area contributed by atoms with Gasteiger partial charge in [-0.1, -0.05) is 18.2 Å². The maximum atomic E-state index is 13.7. The van der Waals surface area contributed by atoms with Crippen LogP contribution < -0.4 is 15.5 Å². The molecule has 0 unspecified atom stereocenters. The van der Waals surface area contributed by atoms with E-state index in [0.29, 0.717) is 18.7 Å². The molecule has 1 aliphatic heterocycles. The number of nitrogens with one attached hydrogen (secondary N) is 2. The lowest BCUT2D eigenvalue weighted by Gasteiger charge is -2.22. The van der Waals surface area contributed by atoms with E-state index < -0.39 is 36.0 Å². The Bertz CT molecular complexity index is 950. The molecule has 6 nitrogen and oxygen atoms in total. The van der Waals surface area contributed by atoms with Gasteiger partial charge in [0.25, 0.3) is 0 Å². The van der Waals surface area contributed by atoms with E-state index in [2.05, 4.69) is 10.6 Å². The molecule has 1 aliphatic rings. The predicted octanol–water partition coefficient (Wildman–Crippen LogP) is 3.95. The van der Waals surface area contributed by atoms with Crippen molar-refractivity contribution in [1.29, 1.82) is 0 Å². The van der Waals surface area contributed by atoms with Crippen molar-refractivity contribution in [3.8, 4) is 0 Å². The molecule has 3 N–H and O–H groups in total. The number of fused-ring (bicyclic) bond motifs is 1. The van der Waals surface area contributed by atoms with Gasteiger partial charge in [0.1, 0.15) is 6.61 Å². The summed E-state index contributed by atoms with van der Waals surface area (Å²) in [6.45, 7) is -0.468. The number of alkyl halides is 3. The first-order chi connectivity index (χ1) is 13.7. The Morgan fingerprint density at radius 1 is 1.21 bits per heavy atom. The summed E-state index contributed by atoms with van der Waals surface area (Å²) in [4.78, 5) is 25.4. The molecule has 0 radical (unpaired) electrons. The van der Waals surface area contributed by atoms with Crippen LogP contribution in [0.15, 0.2) is 41.3 Å². The number of nitrogens with zero attached hydrogens (tertiary/aromatic N) is 1. The molecule has 10 heteroatoms. The van der Waals surface area contributed by atoms with Gasteiger partial charge >= 0.3 is 12.2 Å². The third-order valence-electron chi connectivity index (χ3n) is 4.41. The van der Waals surface area contributed by atoms with E-state index in [1.54, 1.807) is 12.1 Å². The van der Waals surface area contributed by atoms with Crippen molar-refractivity contribution in [2.45, 2.75) is 17.5 Å². The Balaban J connectivity index is 1.99. The van der Waals surface area contributed by atoms with Gasteiger partial charge in [0.2, 0.25) is 5.91 Å². The van der Waals surface area contributed by atoms with Crippen molar-refractivity contribution < 1.29 is 27.9 Å². The number of aliphatic hydroxyl groups is 1. The molecular formula is C19H18F3N3O3S. The maximum Gasteiger partial charge on any atom is 0.419 e. The SMILES string of the molecule is CSc1cc(NC(=O)CO)cc(NC(=O)N2CCc3ccccc32)c1C(F)(F)F. The van der Waals surface area contributed by atoms with Gasteiger partial charge < -0.3 is 15.7 Å². The summed E-state index contributed by atoms with van der Waals surface area (Å²) >= 11 is 0.835. The number of halogens is 3. The Morgan fingerprint density at radius 3 is 2.59 bits per heavy atom. The van der Waals surface area contributed by atoms with Crippen molar-refractivity contribution >= 4 is 40.8 Å². The number of thioether (sulfide) groups is 1. The average molecular weight is 425 g/mol. The minimum atomic E-state index is -4.72. The number of benzene rings is 2. The van der Waals surface area contributed by atoms with Gasteiger partial charge in [-0.15, -0.1) is 11.8 Å². The molecule has 29 heavy (non-hydrogen) atoms. The number of carbonyl (C=O) groups is 2. The minimum Gasteiger partial charge on any atom is -0.387 e. The molecule has 3 amide bonds. The highest BCUT2D eigenvalue weighted by Crippen LogP contribution is 2.43. The molecule has 0 spiro atoms. The molecule has 1 heterocycles. The second kappa shape index (κ2) is 8.34. The number of hydrogen-bond acceptors (Lipinski definition) is 4. The maximum absolute atomic E-state index is 13.7. The molecule has 0 atom stereocenters. The molecule has 2 aromatic rings. The van der Waals surface area contributed by atoms with Crippen molar-refractivity contribution in [2.75, 3.05) is 34.9 Å². The lowest BCUT2D eigenvalue weighted by atomic mass is 10.1. The van der Waals surface area contributed by atoms with E-state index in [0.717, 1.165) is 29.5 Å². The molecule has 0 saturated carbocycles. The number of urea groups is 1. The van der Waals surface area contributed by atoms with Gasteiger partial charge in [-0.05, 0) is 36.4 Å². The van der Waals surface area contributed by atoms with Gasteiger partial charge in [-0.2, -0.15) is 13.2 Å². The number of hydrogen-bond donors (Lipinski definition) is 3. The van der Waals surface area contributed by atoms with E-state index in [1.807, 2.05) is 12.1 Å². The zero-order valence-corrected chi connectivity index (χ0v) is 16.2. The molecular weight excluding hydrogens is 407 g/mol. The highest BCUT2D eigenvalue weighted by atomic mass is 32.2. The average Bonchev–Trinajstić information content (AvgIpc) is 3.10. The molecule has 2 aromatic carbocycles. The topological polar surface area (TPSA) is 81.7 Å². The van der Waals surface area contributed by atoms with Gasteiger partial charge in [0, 0.05) is 22.8 Å². The quantitative estimate of drug-likeness (QED) is 0.648. The van der Waals surface area contributed by atoms with Gasteiger partial charge in [0.05, 0.1) is 11.3 Å². The van der Waals surface area contributed by atoms with Crippen LogP contribution in [0.5, 0.6) is 0 Å². The Hall–Kier alpha value is -2.72. The van der Waals surface area contributed by atoms with Crippen LogP contribution >= 0.6 is 11.8 Å². The first kappa shape index (κ1) is 21.0. The molecule has 3 rings (SSSR count). The zero-order chi connectivity index (χ0) is 21.2. The standard InChI is InChI=1S/C19H18F3N3O3S/c1-29-15-9-12(23-16(27)10-26)8-13(17(15)19(20,21)22)24-18(28)25-7-6-11-4-2-3-5-14(11)25/h2-5,8-9,26H,6-7,10H2,1H3,(H,23,27)(H,24,28). The molecule has 0 saturated heterocycles. The summed E-state index contributed by atoms with van der Waals surface area (Å²) in [5.74, 6) is -0.775. The lowest BCUT2D eigenvalue weighted by Crippen LogP contribution is -2.34. The van der Waals surface area contributed by atoms with Crippen LogP contribution in [-0.2, 0) is 17.4 Å². The largest absolute Gasteiger partial charge is 0.419 e. The van der Waals surface area contributed by atoms with Crippen LogP contribution in [0.1, 0.15) is 11.1 Å². The second-order valence-corrected chi connectivity index (χ2v) is 7.11. The summed E-state index contributed by atoms with van der Waals surface area (Å²) in [6, 6.07) is 8.68. The van der Waals surface area contributed by atoms with Crippen LogP contribution in [0.2, 0.25) is 0 Å². The number of carbonyl (C=O) groups excluding carboxylic acids is 2. The van der Waals surface area contributed by atoms with Crippen LogP contribution in [-0.4, -0.2) is 36.5 Å². The van der Waals surface area contributed by atoms with E-state index in [4.69, 9.17) is 5.11 Å². The molecule has 0 aromatic heterocycles. The van der Waals surface area contributed by atoms with Gasteiger partial charge in [0.15, 0.2) is 0 Å². The first-order valence-corrected chi connectivity index (χ1v) is 9.83. The van der Waals surface area contributed by atoms with Crippen molar-refractivity contribution in [2.24, 2.45) is 0 Å². The number of para-hydroxylation sites is 1. The summed E-state index contributed by atoms with van der Waals surface area (Å²) in [7, 11) is 0. The second-order valence-electron chi connectivity index (χ2n) is 6.27. The summed E-state index contributed by atoms with van der Waals surface area (Å²) in [6.07, 6.45) is -2.65. The van der Waals surface area contributed by atoms with E-state index >= 15 is 0 Å². The summed E-state index contributed by atoms with van der Waals surface area (Å²) < 4.78 is 41.2. The van der Waals surface area contributed by atoms with Crippen LogP contribution in [0, 0.1) is 0 Å². The summed E-state index contributed by atoms with van der Waals surface area (Å²) in [5.41, 5.74) is 0.166. The molecule has 0 fully saturated rings. The Morgan fingerprint density at radius 2 is 1.93 bits per heavy atom. The highest BCUT2D eigenvalue weighted by Gasteiger charge is 2.38. The van der Waals surface area contributed by atoms with Crippen LogP contribution in [0.4, 0.5) is 35.0 Å². The fourth-order valence-corrected chi connectivity index (χ4v) is 3.85. The Kier molecular flexibility index (Phi) is 6.04. The van der Waals surface area contributed by atoms with E-state index in [1.165, 1.54) is 11.2 Å². The van der Waals surface area contributed by atoms with E-state index in [9.17, 15) is 22.8 Å². The van der Waals surface area contributed by atoms with E-state index in [-0.39, 0.29) is 10.6 Å². The predicted molar refractivity (Wildman–Crippen MR) is 105 cm³/mol. The minimum absolute atomic E-state index is 0.0403. The normalized spacial score (nSPS) is 13.2. The van der Waals surface area contributed by atoms with Crippen LogP contribution in [0.25, 0.3) is 0 Å². The zero-order valence-electron chi connectivity index (χ0n) is 15.3. The lowest BCUT2D eigenvalue weighted by molar-refractivity contribution is -0.139. The molecule has 0 aliphatic carbocycles. The Labute approximate surface area is 169 Å². The third kappa shape index (κ3) is 4.48. The number of anilines is 3. The van der Waals surface area contributed by atoms with Crippen molar-refractivity contribution in [3.63, 3.8) is 0 Å². The monoisotopic (exact) mass is 425 g/mol. The highest BCUT2D eigenvalue weighted by molar-refractivity contribution is 7.98. The fourth-order valence-electron chi connectivity index (χ4n) is 3.17. The molecule has 0 bridgehead atoms. The number of aliphatic hydroxyl groups excluding tert-OH is 1. The fraction of sp³-hybridized carbons (Fsp3) is 0.263. The molecule has 154 valence electrons. The van der Waals surface area contributed by atoms with Crippen molar-refractivity contribution in [3.05, 3.63) is 47.5 Å². The van der Waals surface area contributed by atoms with Crippen molar-refractivity contribution in [1.82, 2.24) is 0 Å². The first-order valence-electron chi connectivity index (χ1n) is 8.61. The number of rotatable bonds is 4. The van der Waals surface area contributed by atoms with Crippen LogP contribution in [0.3, 0.4) is 0 Å². The summed E-state index contributed by atoms with van der Waals surface area (Å²) in [5, 5.41) is 13.5.